The van der Waals surface area contributed by atoms with Gasteiger partial charge in [-0.05, 0) is 64.2 Å². The monoisotopic (exact) mass is 1250 g/mol. The molecule has 0 aliphatic carbocycles. The van der Waals surface area contributed by atoms with Crippen LogP contribution in [0.15, 0.2) is 36.5 Å². The summed E-state index contributed by atoms with van der Waals surface area (Å²) >= 11 is 0. The molecule has 3 N–H and O–H groups in total. The van der Waals surface area contributed by atoms with Crippen molar-refractivity contribution in [3.8, 4) is 0 Å². The minimum atomic E-state index is -0.841. The molecular weight excluding hydrogens is 1090 g/mol. The van der Waals surface area contributed by atoms with Crippen LogP contribution in [0, 0.1) is 0 Å². The molecule has 0 saturated heterocycles. The molecule has 0 rings (SSSR count). The van der Waals surface area contributed by atoms with Crippen LogP contribution in [0.1, 0.15) is 457 Å². The predicted molar refractivity (Wildman–Crippen MR) is 393 cm³/mol. The Bertz CT molecular complexity index is 1440. The molecule has 0 aromatic rings. The zero-order valence-electron chi connectivity index (χ0n) is 60.4. The first kappa shape index (κ1) is 87.1. The van der Waals surface area contributed by atoms with Gasteiger partial charge in [-0.2, -0.15) is 0 Å². The molecule has 0 bridgehead atoms. The van der Waals surface area contributed by atoms with E-state index in [1.165, 1.54) is 379 Å². The van der Waals surface area contributed by atoms with E-state index in [-0.39, 0.29) is 18.5 Å². The molecule has 0 aromatic carbocycles. The highest BCUT2D eigenvalue weighted by Gasteiger charge is 2.18. The smallest absolute Gasteiger partial charge is 0.305 e. The van der Waals surface area contributed by atoms with Gasteiger partial charge in [0, 0.05) is 12.8 Å². The Labute approximate surface area is 557 Å². The molecule has 89 heavy (non-hydrogen) atoms. The van der Waals surface area contributed by atoms with Crippen LogP contribution >= 0.6 is 0 Å². The molecule has 0 radical (unpaired) electrons. The summed E-state index contributed by atoms with van der Waals surface area (Å²) in [5, 5.41) is 23.3. The first-order valence-corrected chi connectivity index (χ1v) is 40.8. The van der Waals surface area contributed by atoms with Crippen LogP contribution in [0.4, 0.5) is 0 Å². The van der Waals surface area contributed by atoms with Crippen molar-refractivity contribution in [1.82, 2.24) is 5.32 Å². The Morgan fingerprint density at radius 3 is 0.876 bits per heavy atom. The van der Waals surface area contributed by atoms with Gasteiger partial charge < -0.3 is 20.3 Å². The number of esters is 1. The van der Waals surface area contributed by atoms with Crippen molar-refractivity contribution in [2.45, 2.75) is 469 Å². The van der Waals surface area contributed by atoms with Crippen LogP contribution in [0.25, 0.3) is 0 Å². The van der Waals surface area contributed by atoms with Gasteiger partial charge in [-0.25, -0.2) is 0 Å². The summed E-state index contributed by atoms with van der Waals surface area (Å²) in [7, 11) is 0. The highest BCUT2D eigenvalue weighted by atomic mass is 16.5. The van der Waals surface area contributed by atoms with E-state index >= 15 is 0 Å². The second kappa shape index (κ2) is 78.5. The Morgan fingerprint density at radius 2 is 0.562 bits per heavy atom. The van der Waals surface area contributed by atoms with E-state index in [9.17, 15) is 19.8 Å². The van der Waals surface area contributed by atoms with E-state index in [0.29, 0.717) is 19.4 Å². The molecule has 1 amide bonds. The summed E-state index contributed by atoms with van der Waals surface area (Å²) in [4.78, 5) is 24.6. The number of carbonyl (C=O) groups is 2. The van der Waals surface area contributed by atoms with Crippen molar-refractivity contribution < 1.29 is 24.5 Å². The molecule has 6 nitrogen and oxygen atoms in total. The summed E-state index contributed by atoms with van der Waals surface area (Å²) in [5.74, 6) is -0.0422. The predicted octanol–water partition coefficient (Wildman–Crippen LogP) is 27.0. The van der Waals surface area contributed by atoms with Gasteiger partial charge in [0.15, 0.2) is 0 Å². The number of hydrogen-bond acceptors (Lipinski definition) is 5. The maximum absolute atomic E-state index is 12.5. The van der Waals surface area contributed by atoms with Crippen LogP contribution in [0.3, 0.4) is 0 Å². The number of ether oxygens (including phenoxy) is 1. The Hall–Kier alpha value is -1.92. The number of aliphatic hydroxyl groups excluding tert-OH is 2. The van der Waals surface area contributed by atoms with Crippen molar-refractivity contribution in [3.05, 3.63) is 36.5 Å². The van der Waals surface area contributed by atoms with Crippen LogP contribution in [0.2, 0.25) is 0 Å². The van der Waals surface area contributed by atoms with Gasteiger partial charge in [0.05, 0.1) is 25.4 Å². The van der Waals surface area contributed by atoms with Crippen LogP contribution in [0.5, 0.6) is 0 Å². The molecule has 526 valence electrons. The molecular formula is C83H159NO5. The Balaban J connectivity index is 3.31. The lowest BCUT2D eigenvalue weighted by Crippen LogP contribution is -2.45. The normalized spacial score (nSPS) is 12.6. The van der Waals surface area contributed by atoms with Crippen molar-refractivity contribution >= 4 is 11.9 Å². The zero-order valence-corrected chi connectivity index (χ0v) is 60.4. The van der Waals surface area contributed by atoms with E-state index in [2.05, 4.69) is 43.5 Å². The number of carbonyl (C=O) groups excluding carboxylic acids is 2. The van der Waals surface area contributed by atoms with E-state index < -0.39 is 12.1 Å². The highest BCUT2D eigenvalue weighted by Crippen LogP contribution is 2.20. The second-order valence-corrected chi connectivity index (χ2v) is 28.1. The maximum Gasteiger partial charge on any atom is 0.305 e. The third kappa shape index (κ3) is 75.0. The van der Waals surface area contributed by atoms with Crippen LogP contribution < -0.4 is 5.32 Å². The Kier molecular flexibility index (Phi) is 76.8. The minimum absolute atomic E-state index is 0.0161. The SMILES string of the molecule is CCCCC/C=C\C/C=C\CCCCCCCCCC(=O)OCCCCCCCCCCCCCCCCCCCCCCCCCCCCCCCCCCCCCCCC(=O)NC(CO)C(O)/C=C/CCCCCCCCCCCCCCCCCC. The van der Waals surface area contributed by atoms with E-state index in [1.807, 2.05) is 6.08 Å². The lowest BCUT2D eigenvalue weighted by molar-refractivity contribution is -0.143. The molecule has 6 heteroatoms. The first-order valence-electron chi connectivity index (χ1n) is 40.8. The number of unbranched alkanes of at least 4 members (excludes halogenated alkanes) is 62. The fourth-order valence-electron chi connectivity index (χ4n) is 13.0. The largest absolute Gasteiger partial charge is 0.466 e. The van der Waals surface area contributed by atoms with Gasteiger partial charge >= 0.3 is 5.97 Å². The van der Waals surface area contributed by atoms with Crippen LogP contribution in [-0.4, -0.2) is 47.4 Å². The van der Waals surface area contributed by atoms with Gasteiger partial charge in [-0.15, -0.1) is 0 Å². The van der Waals surface area contributed by atoms with Gasteiger partial charge in [0.1, 0.15) is 0 Å². The van der Waals surface area contributed by atoms with Gasteiger partial charge in [0.2, 0.25) is 5.91 Å². The van der Waals surface area contributed by atoms with Gasteiger partial charge in [0.25, 0.3) is 0 Å². The van der Waals surface area contributed by atoms with E-state index in [1.54, 1.807) is 6.08 Å². The highest BCUT2D eigenvalue weighted by molar-refractivity contribution is 5.76. The van der Waals surface area contributed by atoms with E-state index in [0.717, 1.165) is 51.4 Å². The fourth-order valence-corrected chi connectivity index (χ4v) is 13.0. The number of amides is 1. The molecule has 2 atom stereocenters. The average molecular weight is 1250 g/mol. The lowest BCUT2D eigenvalue weighted by Gasteiger charge is -2.20. The second-order valence-electron chi connectivity index (χ2n) is 28.1. The number of aliphatic hydroxyl groups is 2. The zero-order chi connectivity index (χ0) is 64.2. The van der Waals surface area contributed by atoms with Crippen molar-refractivity contribution in [1.29, 1.82) is 0 Å². The Morgan fingerprint density at radius 1 is 0.315 bits per heavy atom. The molecule has 2 unspecified atom stereocenters. The number of nitrogens with one attached hydrogen (secondary N) is 1. The molecule has 0 saturated carbocycles. The number of allylic oxidation sites excluding steroid dienone is 5. The lowest BCUT2D eigenvalue weighted by atomic mass is 10.0. The van der Waals surface area contributed by atoms with Crippen molar-refractivity contribution in [2.24, 2.45) is 0 Å². The minimum Gasteiger partial charge on any atom is -0.466 e. The third-order valence-corrected chi connectivity index (χ3v) is 19.2. The van der Waals surface area contributed by atoms with E-state index in [4.69, 9.17) is 4.74 Å². The summed E-state index contributed by atoms with van der Waals surface area (Å²) in [6.07, 6.45) is 103. The molecule has 0 aromatic heterocycles. The molecule has 0 heterocycles. The van der Waals surface area contributed by atoms with Gasteiger partial charge in [-0.1, -0.05) is 416 Å². The van der Waals surface area contributed by atoms with Crippen LogP contribution in [-0.2, 0) is 14.3 Å². The summed E-state index contributed by atoms with van der Waals surface area (Å²) in [6.45, 7) is 4.92. The summed E-state index contributed by atoms with van der Waals surface area (Å²) in [6, 6.07) is -0.624. The van der Waals surface area contributed by atoms with Crippen molar-refractivity contribution in [3.63, 3.8) is 0 Å². The molecule has 0 spiro atoms. The van der Waals surface area contributed by atoms with Gasteiger partial charge in [-0.3, -0.25) is 9.59 Å². The number of hydrogen-bond donors (Lipinski definition) is 3. The quantitative estimate of drug-likeness (QED) is 0.0320. The standard InChI is InChI=1S/C83H159NO5/c1-3-5-7-9-11-13-15-17-19-21-44-47-51-55-59-63-67-71-75-81(86)80(79-85)84-82(87)76-72-68-64-60-56-52-48-45-41-39-37-35-33-31-29-27-25-23-22-24-26-28-30-32-34-36-38-40-42-46-50-54-58-62-66-70-74-78-89-83(88)77-73-69-65-61-57-53-49-43-20-18-16-14-12-10-8-6-4-2/h12,14,18,20,71,75,80-81,85-86H,3-11,13,15-17,19,21-70,72-74,76-79H2,1-2H3,(H,84,87)/b14-12-,20-18-,75-71+. The average Bonchev–Trinajstić information content (AvgIpc) is 3.68. The van der Waals surface area contributed by atoms with Crippen molar-refractivity contribution in [2.75, 3.05) is 13.2 Å². The fraction of sp³-hybridized carbons (Fsp3) is 0.904. The number of rotatable bonds is 77. The topological polar surface area (TPSA) is 95.9 Å². The third-order valence-electron chi connectivity index (χ3n) is 19.2. The first-order chi connectivity index (χ1) is 44.0. The summed E-state index contributed by atoms with van der Waals surface area (Å²) in [5.41, 5.74) is 0. The molecule has 0 aliphatic rings. The summed E-state index contributed by atoms with van der Waals surface area (Å²) < 4.78 is 5.51. The molecule has 0 fully saturated rings. The molecule has 0 aliphatic heterocycles. The maximum atomic E-state index is 12.5.